The number of hydrogen-bond acceptors (Lipinski definition) is 3. The number of benzene rings is 1. The van der Waals surface area contributed by atoms with Gasteiger partial charge in [-0.2, -0.15) is 0 Å². The Kier molecular flexibility index (Phi) is 6.18. The van der Waals surface area contributed by atoms with Gasteiger partial charge in [0.05, 0.1) is 12.1 Å². The van der Waals surface area contributed by atoms with Gasteiger partial charge in [0.1, 0.15) is 0 Å². The zero-order chi connectivity index (χ0) is 14.3. The molecular formula is C14H22N2O2S. The minimum Gasteiger partial charge on any atom is -0.389 e. The maximum atomic E-state index is 11.7. The van der Waals surface area contributed by atoms with Crippen LogP contribution in [0, 0.1) is 0 Å². The zero-order valence-electron chi connectivity index (χ0n) is 11.7. The van der Waals surface area contributed by atoms with E-state index in [0.29, 0.717) is 13.1 Å². The van der Waals surface area contributed by atoms with E-state index >= 15 is 0 Å². The molecule has 0 spiro atoms. The van der Waals surface area contributed by atoms with Gasteiger partial charge in [-0.25, -0.2) is 4.79 Å². The fraction of sp³-hybridized carbons (Fsp3) is 0.500. The van der Waals surface area contributed by atoms with Crippen LogP contribution in [-0.2, 0) is 0 Å². The molecule has 0 bridgehead atoms. The number of carbonyl (C=O) groups excluding carboxylic acids is 1. The van der Waals surface area contributed by atoms with E-state index < -0.39 is 5.60 Å². The molecule has 0 atom stereocenters. The summed E-state index contributed by atoms with van der Waals surface area (Å²) in [4.78, 5) is 14.4. The number of aliphatic hydroxyl groups is 1. The molecular weight excluding hydrogens is 260 g/mol. The molecule has 2 N–H and O–H groups in total. The second-order valence-electron chi connectivity index (χ2n) is 5.06. The first-order chi connectivity index (χ1) is 8.88. The number of urea groups is 1. The molecule has 0 aliphatic heterocycles. The molecule has 0 saturated carbocycles. The molecule has 1 aromatic carbocycles. The lowest BCUT2D eigenvalue weighted by atomic mass is 10.1. The van der Waals surface area contributed by atoms with Gasteiger partial charge in [0.15, 0.2) is 0 Å². The Balaban J connectivity index is 2.20. The smallest absolute Gasteiger partial charge is 0.317 e. The first kappa shape index (κ1) is 15.9. The predicted molar refractivity (Wildman–Crippen MR) is 79.5 cm³/mol. The van der Waals surface area contributed by atoms with E-state index in [1.807, 2.05) is 30.3 Å². The Bertz CT molecular complexity index is 390. The molecule has 1 rings (SSSR count). The minimum absolute atomic E-state index is 0.157. The number of thioether (sulfide) groups is 1. The van der Waals surface area contributed by atoms with Crippen molar-refractivity contribution in [1.29, 1.82) is 0 Å². The molecule has 0 aliphatic carbocycles. The van der Waals surface area contributed by atoms with Crippen LogP contribution in [0.5, 0.6) is 0 Å². The van der Waals surface area contributed by atoms with E-state index in [4.69, 9.17) is 0 Å². The van der Waals surface area contributed by atoms with Crippen LogP contribution in [0.4, 0.5) is 4.79 Å². The lowest BCUT2D eigenvalue weighted by molar-refractivity contribution is 0.0533. The van der Waals surface area contributed by atoms with E-state index in [-0.39, 0.29) is 6.03 Å². The largest absolute Gasteiger partial charge is 0.389 e. The Hall–Kier alpha value is -1.20. The summed E-state index contributed by atoms with van der Waals surface area (Å²) in [6.45, 7) is 4.28. The van der Waals surface area contributed by atoms with E-state index in [9.17, 15) is 9.90 Å². The Morgan fingerprint density at radius 2 is 2.00 bits per heavy atom. The van der Waals surface area contributed by atoms with Crippen LogP contribution in [-0.4, -0.2) is 47.5 Å². The third kappa shape index (κ3) is 7.08. The molecule has 0 heterocycles. The number of likely N-dealkylation sites (N-methyl/N-ethyl adjacent to an activating group) is 1. The van der Waals surface area contributed by atoms with Gasteiger partial charge in [-0.05, 0) is 26.0 Å². The lowest BCUT2D eigenvalue weighted by Crippen LogP contribution is -2.45. The average molecular weight is 282 g/mol. The van der Waals surface area contributed by atoms with Crippen LogP contribution in [0.3, 0.4) is 0 Å². The number of amides is 2. The van der Waals surface area contributed by atoms with Gasteiger partial charge in [-0.3, -0.25) is 0 Å². The summed E-state index contributed by atoms with van der Waals surface area (Å²) < 4.78 is 0. The summed E-state index contributed by atoms with van der Waals surface area (Å²) in [5.41, 5.74) is -0.870. The van der Waals surface area contributed by atoms with Crippen molar-refractivity contribution in [3.63, 3.8) is 0 Å². The van der Waals surface area contributed by atoms with Crippen molar-refractivity contribution >= 4 is 17.8 Å². The van der Waals surface area contributed by atoms with Gasteiger partial charge >= 0.3 is 6.03 Å². The highest BCUT2D eigenvalue weighted by Gasteiger charge is 2.18. The predicted octanol–water partition coefficient (Wildman–Crippen LogP) is 2.19. The highest BCUT2D eigenvalue weighted by molar-refractivity contribution is 7.99. The van der Waals surface area contributed by atoms with Gasteiger partial charge in [-0.15, -0.1) is 11.8 Å². The van der Waals surface area contributed by atoms with Gasteiger partial charge in [0.25, 0.3) is 0 Å². The quantitative estimate of drug-likeness (QED) is 0.621. The van der Waals surface area contributed by atoms with Crippen LogP contribution in [0.1, 0.15) is 13.8 Å². The van der Waals surface area contributed by atoms with Gasteiger partial charge in [0, 0.05) is 24.2 Å². The molecule has 5 heteroatoms. The van der Waals surface area contributed by atoms with Crippen molar-refractivity contribution in [3.05, 3.63) is 30.3 Å². The molecule has 0 aliphatic rings. The SMILES string of the molecule is CN(CC(C)(C)O)C(=O)NCCSc1ccccc1. The molecule has 1 aromatic rings. The van der Waals surface area contributed by atoms with Crippen LogP contribution in [0.2, 0.25) is 0 Å². The van der Waals surface area contributed by atoms with Crippen LogP contribution >= 0.6 is 11.8 Å². The summed E-state index contributed by atoms with van der Waals surface area (Å²) in [6, 6.07) is 9.92. The second-order valence-corrected chi connectivity index (χ2v) is 6.23. The first-order valence-electron chi connectivity index (χ1n) is 6.28. The molecule has 0 radical (unpaired) electrons. The lowest BCUT2D eigenvalue weighted by Gasteiger charge is -2.25. The monoisotopic (exact) mass is 282 g/mol. The molecule has 106 valence electrons. The molecule has 4 nitrogen and oxygen atoms in total. The fourth-order valence-corrected chi connectivity index (χ4v) is 2.42. The summed E-state index contributed by atoms with van der Waals surface area (Å²) in [6.07, 6.45) is 0. The standard InChI is InChI=1S/C14H22N2O2S/c1-14(2,18)11-16(3)13(17)15-9-10-19-12-7-5-4-6-8-12/h4-8,18H,9-11H2,1-3H3,(H,15,17). The molecule has 19 heavy (non-hydrogen) atoms. The van der Waals surface area contributed by atoms with Crippen LogP contribution in [0.15, 0.2) is 35.2 Å². The zero-order valence-corrected chi connectivity index (χ0v) is 12.5. The van der Waals surface area contributed by atoms with Gasteiger partial charge in [-0.1, -0.05) is 18.2 Å². The number of rotatable bonds is 6. The van der Waals surface area contributed by atoms with Crippen molar-refractivity contribution in [2.45, 2.75) is 24.3 Å². The Morgan fingerprint density at radius 3 is 2.58 bits per heavy atom. The summed E-state index contributed by atoms with van der Waals surface area (Å²) in [7, 11) is 1.68. The van der Waals surface area contributed by atoms with Gasteiger partial charge in [0.2, 0.25) is 0 Å². The van der Waals surface area contributed by atoms with E-state index in [0.717, 1.165) is 5.75 Å². The van der Waals surface area contributed by atoms with Crippen molar-refractivity contribution < 1.29 is 9.90 Å². The summed E-state index contributed by atoms with van der Waals surface area (Å²) in [5.74, 6) is 0.826. The normalized spacial score (nSPS) is 11.2. The van der Waals surface area contributed by atoms with E-state index in [2.05, 4.69) is 5.32 Å². The summed E-state index contributed by atoms with van der Waals surface area (Å²) in [5, 5.41) is 12.5. The van der Waals surface area contributed by atoms with Crippen molar-refractivity contribution in [2.75, 3.05) is 25.9 Å². The van der Waals surface area contributed by atoms with E-state index in [1.54, 1.807) is 32.7 Å². The molecule has 0 aromatic heterocycles. The topological polar surface area (TPSA) is 52.6 Å². The molecule has 2 amide bonds. The van der Waals surface area contributed by atoms with Crippen LogP contribution in [0.25, 0.3) is 0 Å². The molecule has 0 fully saturated rings. The molecule has 0 unspecified atom stereocenters. The van der Waals surface area contributed by atoms with Gasteiger partial charge < -0.3 is 15.3 Å². The molecule has 0 saturated heterocycles. The van der Waals surface area contributed by atoms with Crippen molar-refractivity contribution in [3.8, 4) is 0 Å². The fourth-order valence-electron chi connectivity index (χ4n) is 1.63. The number of carbonyl (C=O) groups is 1. The average Bonchev–Trinajstić information content (AvgIpc) is 2.33. The highest BCUT2D eigenvalue weighted by atomic mass is 32.2. The number of hydrogen-bond donors (Lipinski definition) is 2. The maximum absolute atomic E-state index is 11.7. The number of nitrogens with zero attached hydrogens (tertiary/aromatic N) is 1. The highest BCUT2D eigenvalue weighted by Crippen LogP contribution is 2.15. The van der Waals surface area contributed by atoms with E-state index in [1.165, 1.54) is 9.80 Å². The maximum Gasteiger partial charge on any atom is 0.317 e. The Morgan fingerprint density at radius 1 is 1.37 bits per heavy atom. The summed E-state index contributed by atoms with van der Waals surface area (Å²) >= 11 is 1.70. The third-order valence-corrected chi connectivity index (χ3v) is 3.37. The van der Waals surface area contributed by atoms with Crippen LogP contribution < -0.4 is 5.32 Å². The minimum atomic E-state index is -0.870. The van der Waals surface area contributed by atoms with Crippen molar-refractivity contribution in [2.24, 2.45) is 0 Å². The Labute approximate surface area is 119 Å². The third-order valence-electron chi connectivity index (χ3n) is 2.36. The second kappa shape index (κ2) is 7.40. The number of nitrogens with one attached hydrogen (secondary N) is 1. The first-order valence-corrected chi connectivity index (χ1v) is 7.26. The van der Waals surface area contributed by atoms with Crippen molar-refractivity contribution in [1.82, 2.24) is 10.2 Å².